The van der Waals surface area contributed by atoms with Gasteiger partial charge in [0.15, 0.2) is 10.9 Å². The number of aliphatic hydroxyl groups is 1. The zero-order valence-corrected chi connectivity index (χ0v) is 23.1. The van der Waals surface area contributed by atoms with Gasteiger partial charge in [0.2, 0.25) is 0 Å². The second-order valence-electron chi connectivity index (χ2n) is 9.58. The van der Waals surface area contributed by atoms with E-state index < -0.39 is 17.7 Å². The second kappa shape index (κ2) is 11.3. The number of aromatic nitrogens is 1. The third kappa shape index (κ3) is 5.27. The van der Waals surface area contributed by atoms with E-state index in [-0.39, 0.29) is 22.2 Å². The molecule has 198 valence electrons. The van der Waals surface area contributed by atoms with Gasteiger partial charge >= 0.3 is 5.91 Å². The van der Waals surface area contributed by atoms with Gasteiger partial charge in [-0.25, -0.2) is 4.98 Å². The summed E-state index contributed by atoms with van der Waals surface area (Å²) in [5.41, 5.74) is 3.27. The highest BCUT2D eigenvalue weighted by Crippen LogP contribution is 2.44. The molecule has 0 spiro atoms. The van der Waals surface area contributed by atoms with Crippen LogP contribution in [0.15, 0.2) is 48.0 Å². The van der Waals surface area contributed by atoms with Crippen LogP contribution in [-0.4, -0.2) is 34.2 Å². The molecule has 7 nitrogen and oxygen atoms in total. The predicted octanol–water partition coefficient (Wildman–Crippen LogP) is 6.47. The Bertz CT molecular complexity index is 1420. The molecule has 1 amide bonds. The highest BCUT2D eigenvalue weighted by Gasteiger charge is 2.48. The molecule has 3 aromatic rings. The molecule has 4 rings (SSSR count). The largest absolute Gasteiger partial charge is 0.507 e. The van der Waals surface area contributed by atoms with Crippen molar-refractivity contribution in [3.8, 4) is 5.75 Å². The summed E-state index contributed by atoms with van der Waals surface area (Å²) in [7, 11) is 0. The average molecular weight is 533 g/mol. The molecule has 1 aliphatic heterocycles. The maximum atomic E-state index is 13.5. The molecule has 2 heterocycles. The Morgan fingerprint density at radius 2 is 1.79 bits per heavy atom. The summed E-state index contributed by atoms with van der Waals surface area (Å²) in [5.74, 6) is -1.33. The van der Waals surface area contributed by atoms with E-state index in [1.54, 1.807) is 37.3 Å². The van der Waals surface area contributed by atoms with Gasteiger partial charge in [0.05, 0.1) is 28.8 Å². The van der Waals surface area contributed by atoms with Crippen molar-refractivity contribution in [2.24, 2.45) is 0 Å². The Kier molecular flexibility index (Phi) is 8.11. The Hall–Kier alpha value is -3.78. The lowest BCUT2D eigenvalue weighted by molar-refractivity contribution is -0.132. The van der Waals surface area contributed by atoms with Crippen molar-refractivity contribution in [2.45, 2.75) is 59.9 Å². The van der Waals surface area contributed by atoms with Crippen molar-refractivity contribution in [1.82, 2.24) is 4.98 Å². The van der Waals surface area contributed by atoms with Gasteiger partial charge in [0, 0.05) is 12.5 Å². The van der Waals surface area contributed by atoms with Gasteiger partial charge < -0.3 is 9.84 Å². The molecule has 1 aromatic heterocycles. The number of carbonyl (C=O) groups excluding carboxylic acids is 3. The lowest BCUT2D eigenvalue weighted by Gasteiger charge is -2.23. The molecule has 1 unspecified atom stereocenters. The third-order valence-corrected chi connectivity index (χ3v) is 7.87. The molecule has 1 N–H and O–H groups in total. The zero-order chi connectivity index (χ0) is 27.6. The number of carbonyl (C=O) groups is 3. The maximum absolute atomic E-state index is 13.5. The third-order valence-electron chi connectivity index (χ3n) is 6.62. The molecule has 0 saturated carbocycles. The number of hydrogen-bond acceptors (Lipinski definition) is 7. The Balaban J connectivity index is 1.84. The van der Waals surface area contributed by atoms with Crippen LogP contribution < -0.4 is 9.64 Å². The molecular formula is C30H32N2O5S. The number of Topliss-reactive ketones (excluding diaryl/α,β-unsaturated/α-hetero) is 2. The van der Waals surface area contributed by atoms with E-state index in [1.807, 2.05) is 26.0 Å². The van der Waals surface area contributed by atoms with Crippen LogP contribution in [0.3, 0.4) is 0 Å². The molecule has 0 radical (unpaired) electrons. The first-order valence-corrected chi connectivity index (χ1v) is 13.6. The van der Waals surface area contributed by atoms with E-state index in [1.165, 1.54) is 11.8 Å². The number of nitrogens with zero attached hydrogens (tertiary/aromatic N) is 2. The number of benzene rings is 2. The Labute approximate surface area is 226 Å². The molecule has 1 atom stereocenters. The van der Waals surface area contributed by atoms with Crippen molar-refractivity contribution in [1.29, 1.82) is 0 Å². The first-order chi connectivity index (χ1) is 18.1. The van der Waals surface area contributed by atoms with Gasteiger partial charge in [-0.3, -0.25) is 19.3 Å². The number of thiazole rings is 1. The standard InChI is InChI=1S/C30H32N2O5S/c1-6-7-8-15-37-22-13-11-21(12-14-22)25-24(26(34)23-16-17(2)9-10-18(23)3)27(35)29(36)32(25)30-31-19(4)28(38-30)20(5)33/h9-14,16,25,34H,6-8,15H2,1-5H3. The van der Waals surface area contributed by atoms with Crippen molar-refractivity contribution in [2.75, 3.05) is 11.5 Å². The summed E-state index contributed by atoms with van der Waals surface area (Å²) in [6, 6.07) is 11.8. The molecule has 2 aromatic carbocycles. The fourth-order valence-electron chi connectivity index (χ4n) is 4.58. The topological polar surface area (TPSA) is 96.8 Å². The summed E-state index contributed by atoms with van der Waals surface area (Å²) < 4.78 is 5.84. The number of aliphatic hydroxyl groups excluding tert-OH is 1. The van der Waals surface area contributed by atoms with E-state index in [4.69, 9.17) is 4.74 Å². The van der Waals surface area contributed by atoms with Crippen LogP contribution in [-0.2, 0) is 9.59 Å². The number of unbranched alkanes of at least 4 members (excludes halogenated alkanes) is 2. The number of aryl methyl sites for hydroxylation is 3. The van der Waals surface area contributed by atoms with Crippen LogP contribution in [0.4, 0.5) is 5.13 Å². The van der Waals surface area contributed by atoms with Crippen LogP contribution >= 0.6 is 11.3 Å². The van der Waals surface area contributed by atoms with Gasteiger partial charge in [0.25, 0.3) is 5.78 Å². The van der Waals surface area contributed by atoms with E-state index in [2.05, 4.69) is 11.9 Å². The van der Waals surface area contributed by atoms with Crippen LogP contribution in [0.25, 0.3) is 5.76 Å². The van der Waals surface area contributed by atoms with Gasteiger partial charge in [0.1, 0.15) is 11.5 Å². The van der Waals surface area contributed by atoms with E-state index >= 15 is 0 Å². The molecule has 0 aliphatic carbocycles. The van der Waals surface area contributed by atoms with Crippen LogP contribution in [0.5, 0.6) is 5.75 Å². The van der Waals surface area contributed by atoms with E-state index in [0.717, 1.165) is 41.7 Å². The van der Waals surface area contributed by atoms with Gasteiger partial charge in [-0.2, -0.15) is 0 Å². The van der Waals surface area contributed by atoms with Crippen molar-refractivity contribution in [3.63, 3.8) is 0 Å². The summed E-state index contributed by atoms with van der Waals surface area (Å²) in [6.45, 7) is 9.61. The molecule has 1 aliphatic rings. The molecule has 38 heavy (non-hydrogen) atoms. The highest BCUT2D eigenvalue weighted by atomic mass is 32.1. The molecule has 0 bridgehead atoms. The molecular weight excluding hydrogens is 500 g/mol. The van der Waals surface area contributed by atoms with Crippen LogP contribution in [0.2, 0.25) is 0 Å². The van der Waals surface area contributed by atoms with E-state index in [9.17, 15) is 19.5 Å². The van der Waals surface area contributed by atoms with Gasteiger partial charge in [-0.05, 0) is 56.5 Å². The number of amides is 1. The van der Waals surface area contributed by atoms with Crippen molar-refractivity contribution < 1.29 is 24.2 Å². The fraction of sp³-hybridized carbons (Fsp3) is 0.333. The maximum Gasteiger partial charge on any atom is 0.301 e. The van der Waals surface area contributed by atoms with Crippen LogP contribution in [0.1, 0.15) is 76.8 Å². The van der Waals surface area contributed by atoms with Crippen molar-refractivity contribution in [3.05, 3.63) is 80.9 Å². The Morgan fingerprint density at radius 1 is 1.08 bits per heavy atom. The number of rotatable bonds is 9. The summed E-state index contributed by atoms with van der Waals surface area (Å²) in [6.07, 6.45) is 3.14. The van der Waals surface area contributed by atoms with Gasteiger partial charge in [-0.15, -0.1) is 0 Å². The average Bonchev–Trinajstić information content (AvgIpc) is 3.40. The normalized spacial score (nSPS) is 16.8. The SMILES string of the molecule is CCCCCOc1ccc(C2C(=C(O)c3cc(C)ccc3C)C(=O)C(=O)N2c2nc(C)c(C(C)=O)s2)cc1. The van der Waals surface area contributed by atoms with Crippen molar-refractivity contribution >= 4 is 39.7 Å². The minimum atomic E-state index is -0.922. The first kappa shape index (κ1) is 27.3. The lowest BCUT2D eigenvalue weighted by atomic mass is 9.93. The highest BCUT2D eigenvalue weighted by molar-refractivity contribution is 7.18. The number of ketones is 2. The first-order valence-electron chi connectivity index (χ1n) is 12.7. The minimum Gasteiger partial charge on any atom is -0.507 e. The second-order valence-corrected chi connectivity index (χ2v) is 10.6. The van der Waals surface area contributed by atoms with Gasteiger partial charge in [-0.1, -0.05) is 60.9 Å². The fourth-order valence-corrected chi connectivity index (χ4v) is 5.57. The molecule has 8 heteroatoms. The molecule has 1 fully saturated rings. The number of ether oxygens (including phenoxy) is 1. The summed E-state index contributed by atoms with van der Waals surface area (Å²) >= 11 is 1.07. The monoisotopic (exact) mass is 532 g/mol. The molecule has 1 saturated heterocycles. The zero-order valence-electron chi connectivity index (χ0n) is 22.3. The summed E-state index contributed by atoms with van der Waals surface area (Å²) in [5, 5.41) is 11.7. The smallest absolute Gasteiger partial charge is 0.301 e. The minimum absolute atomic E-state index is 0.0162. The number of hydrogen-bond donors (Lipinski definition) is 1. The predicted molar refractivity (Wildman–Crippen MR) is 149 cm³/mol. The quantitative estimate of drug-likeness (QED) is 0.112. The van der Waals surface area contributed by atoms with E-state index in [0.29, 0.717) is 34.1 Å². The number of anilines is 1. The van der Waals surface area contributed by atoms with Crippen LogP contribution in [0, 0.1) is 20.8 Å². The Morgan fingerprint density at radius 3 is 2.42 bits per heavy atom. The summed E-state index contributed by atoms with van der Waals surface area (Å²) in [4.78, 5) is 45.2. The lowest BCUT2D eigenvalue weighted by Crippen LogP contribution is -2.29.